The molecule has 1 aromatic rings. The summed E-state index contributed by atoms with van der Waals surface area (Å²) in [5, 5.41) is 11.7. The molecule has 0 bridgehead atoms. The Morgan fingerprint density at radius 3 is 2.53 bits per heavy atom. The lowest BCUT2D eigenvalue weighted by Crippen LogP contribution is -2.27. The number of hydrogen-bond donors (Lipinski definition) is 2. The highest BCUT2D eigenvalue weighted by Gasteiger charge is 2.12. The monoisotopic (exact) mass is 235 g/mol. The highest BCUT2D eigenvalue weighted by Crippen LogP contribution is 2.11. The number of aromatic carboxylic acids is 1. The third-order valence-electron chi connectivity index (χ3n) is 2.40. The molecule has 0 saturated heterocycles. The molecule has 2 N–H and O–H groups in total. The number of carboxylic acids is 1. The van der Waals surface area contributed by atoms with Crippen molar-refractivity contribution in [1.29, 1.82) is 0 Å². The van der Waals surface area contributed by atoms with Gasteiger partial charge >= 0.3 is 5.97 Å². The van der Waals surface area contributed by atoms with Gasteiger partial charge in [-0.05, 0) is 30.5 Å². The van der Waals surface area contributed by atoms with Crippen LogP contribution in [0.3, 0.4) is 0 Å². The molecule has 4 nitrogen and oxygen atoms in total. The van der Waals surface area contributed by atoms with Crippen molar-refractivity contribution in [2.75, 3.05) is 6.54 Å². The molecule has 1 rings (SSSR count). The molecule has 0 heterocycles. The molecule has 0 unspecified atom stereocenters. The minimum Gasteiger partial charge on any atom is -0.478 e. The van der Waals surface area contributed by atoms with E-state index in [2.05, 4.69) is 5.32 Å². The molecule has 4 heteroatoms. The van der Waals surface area contributed by atoms with Crippen molar-refractivity contribution in [2.45, 2.75) is 20.8 Å². The van der Waals surface area contributed by atoms with E-state index in [0.717, 1.165) is 0 Å². The van der Waals surface area contributed by atoms with E-state index in [1.165, 1.54) is 6.07 Å². The summed E-state index contributed by atoms with van der Waals surface area (Å²) in [5.41, 5.74) is 1.20. The van der Waals surface area contributed by atoms with Crippen molar-refractivity contribution in [2.24, 2.45) is 5.92 Å². The Morgan fingerprint density at radius 2 is 2.00 bits per heavy atom. The van der Waals surface area contributed by atoms with Gasteiger partial charge < -0.3 is 10.4 Å². The lowest BCUT2D eigenvalue weighted by Gasteiger charge is -2.09. The Labute approximate surface area is 101 Å². The van der Waals surface area contributed by atoms with Crippen LogP contribution >= 0.6 is 0 Å². The van der Waals surface area contributed by atoms with Crippen LogP contribution < -0.4 is 5.32 Å². The number of carboxylic acid groups (broad SMARTS) is 1. The lowest BCUT2D eigenvalue weighted by atomic mass is 10.0. The normalized spacial score (nSPS) is 10.4. The Hall–Kier alpha value is -1.84. The van der Waals surface area contributed by atoms with E-state index >= 15 is 0 Å². The molecule has 92 valence electrons. The van der Waals surface area contributed by atoms with Crippen molar-refractivity contribution in [3.8, 4) is 0 Å². The second kappa shape index (κ2) is 5.48. The second-order valence-electron chi connectivity index (χ2n) is 4.44. The molecular weight excluding hydrogens is 218 g/mol. The van der Waals surface area contributed by atoms with Gasteiger partial charge in [0, 0.05) is 12.1 Å². The highest BCUT2D eigenvalue weighted by molar-refractivity contribution is 5.98. The van der Waals surface area contributed by atoms with E-state index in [-0.39, 0.29) is 11.5 Å². The van der Waals surface area contributed by atoms with Gasteiger partial charge in [0.25, 0.3) is 5.91 Å². The Bertz CT molecular complexity index is 438. The highest BCUT2D eigenvalue weighted by atomic mass is 16.4. The van der Waals surface area contributed by atoms with Crippen molar-refractivity contribution in [3.05, 3.63) is 34.9 Å². The van der Waals surface area contributed by atoms with Gasteiger partial charge in [-0.3, -0.25) is 4.79 Å². The average Bonchev–Trinajstić information content (AvgIpc) is 2.26. The van der Waals surface area contributed by atoms with Crippen LogP contribution in [-0.4, -0.2) is 23.5 Å². The van der Waals surface area contributed by atoms with Gasteiger partial charge in [0.05, 0.1) is 5.56 Å². The summed E-state index contributed by atoms with van der Waals surface area (Å²) in [6.45, 7) is 6.28. The third kappa shape index (κ3) is 3.59. The van der Waals surface area contributed by atoms with Crippen LogP contribution in [0, 0.1) is 12.8 Å². The number of carbonyl (C=O) groups is 2. The molecule has 1 amide bonds. The fourth-order valence-electron chi connectivity index (χ4n) is 1.39. The first kappa shape index (κ1) is 13.2. The van der Waals surface area contributed by atoms with E-state index in [4.69, 9.17) is 5.11 Å². The molecule has 0 fully saturated rings. The molecule has 0 atom stereocenters. The summed E-state index contributed by atoms with van der Waals surface area (Å²) in [5.74, 6) is -0.884. The fourth-order valence-corrected chi connectivity index (χ4v) is 1.39. The van der Waals surface area contributed by atoms with Crippen molar-refractivity contribution in [3.63, 3.8) is 0 Å². The van der Waals surface area contributed by atoms with Gasteiger partial charge in [0.1, 0.15) is 0 Å². The van der Waals surface area contributed by atoms with Crippen LogP contribution in [0.1, 0.15) is 40.1 Å². The summed E-state index contributed by atoms with van der Waals surface area (Å²) in [4.78, 5) is 22.7. The first-order chi connectivity index (χ1) is 7.91. The predicted molar refractivity (Wildman–Crippen MR) is 65.3 cm³/mol. The van der Waals surface area contributed by atoms with Crippen LogP contribution in [0.15, 0.2) is 18.2 Å². The van der Waals surface area contributed by atoms with Gasteiger partial charge in [-0.1, -0.05) is 19.9 Å². The first-order valence-electron chi connectivity index (χ1n) is 5.54. The summed E-state index contributed by atoms with van der Waals surface area (Å²) < 4.78 is 0. The molecular formula is C13H17NO3. The molecule has 0 aliphatic heterocycles. The Balaban J connectivity index is 2.88. The smallest absolute Gasteiger partial charge is 0.335 e. The largest absolute Gasteiger partial charge is 0.478 e. The zero-order valence-corrected chi connectivity index (χ0v) is 10.3. The summed E-state index contributed by atoms with van der Waals surface area (Å²) >= 11 is 0. The molecule has 0 radical (unpaired) electrons. The van der Waals surface area contributed by atoms with E-state index in [1.54, 1.807) is 19.1 Å². The molecule has 0 saturated carbocycles. The van der Waals surface area contributed by atoms with E-state index in [9.17, 15) is 9.59 Å². The van der Waals surface area contributed by atoms with E-state index in [1.807, 2.05) is 13.8 Å². The molecule has 17 heavy (non-hydrogen) atoms. The van der Waals surface area contributed by atoms with Crippen LogP contribution in [-0.2, 0) is 0 Å². The summed E-state index contributed by atoms with van der Waals surface area (Å²) in [6.07, 6.45) is 0. The number of nitrogens with one attached hydrogen (secondary N) is 1. The molecule has 0 aliphatic rings. The SMILES string of the molecule is Cc1ccc(C(=O)NCC(C)C)cc1C(=O)O. The maximum Gasteiger partial charge on any atom is 0.335 e. The number of hydrogen-bond acceptors (Lipinski definition) is 2. The standard InChI is InChI=1S/C13H17NO3/c1-8(2)7-14-12(15)10-5-4-9(3)11(6-10)13(16)17/h4-6,8H,7H2,1-3H3,(H,14,15)(H,16,17). The summed E-state index contributed by atoms with van der Waals surface area (Å²) in [7, 11) is 0. The third-order valence-corrected chi connectivity index (χ3v) is 2.40. The van der Waals surface area contributed by atoms with Crippen molar-refractivity contribution >= 4 is 11.9 Å². The first-order valence-corrected chi connectivity index (χ1v) is 5.54. The topological polar surface area (TPSA) is 66.4 Å². The molecule has 1 aromatic carbocycles. The minimum absolute atomic E-state index is 0.169. The van der Waals surface area contributed by atoms with Crippen molar-refractivity contribution < 1.29 is 14.7 Å². The molecule has 0 spiro atoms. The zero-order valence-electron chi connectivity index (χ0n) is 10.3. The fraction of sp³-hybridized carbons (Fsp3) is 0.385. The van der Waals surface area contributed by atoms with Gasteiger partial charge in [-0.2, -0.15) is 0 Å². The number of aryl methyl sites for hydroxylation is 1. The van der Waals surface area contributed by atoms with Crippen molar-refractivity contribution in [1.82, 2.24) is 5.32 Å². The van der Waals surface area contributed by atoms with Gasteiger partial charge in [0.2, 0.25) is 0 Å². The number of benzene rings is 1. The Morgan fingerprint density at radius 1 is 1.35 bits per heavy atom. The number of rotatable bonds is 4. The van der Waals surface area contributed by atoms with Gasteiger partial charge in [-0.25, -0.2) is 4.79 Å². The van der Waals surface area contributed by atoms with Crippen LogP contribution in [0.5, 0.6) is 0 Å². The van der Waals surface area contributed by atoms with Crippen LogP contribution in [0.2, 0.25) is 0 Å². The van der Waals surface area contributed by atoms with Crippen LogP contribution in [0.4, 0.5) is 0 Å². The van der Waals surface area contributed by atoms with Crippen LogP contribution in [0.25, 0.3) is 0 Å². The Kier molecular flexibility index (Phi) is 4.26. The minimum atomic E-state index is -1.01. The lowest BCUT2D eigenvalue weighted by molar-refractivity contribution is 0.0696. The van der Waals surface area contributed by atoms with Gasteiger partial charge in [0.15, 0.2) is 0 Å². The average molecular weight is 235 g/mol. The molecule has 0 aliphatic carbocycles. The maximum atomic E-state index is 11.7. The number of carbonyl (C=O) groups excluding carboxylic acids is 1. The second-order valence-corrected chi connectivity index (χ2v) is 4.44. The number of amides is 1. The maximum absolute atomic E-state index is 11.7. The van der Waals surface area contributed by atoms with E-state index < -0.39 is 5.97 Å². The zero-order chi connectivity index (χ0) is 13.0. The quantitative estimate of drug-likeness (QED) is 0.839. The van der Waals surface area contributed by atoms with E-state index in [0.29, 0.717) is 23.6 Å². The van der Waals surface area contributed by atoms with Gasteiger partial charge in [-0.15, -0.1) is 0 Å². The summed E-state index contributed by atoms with van der Waals surface area (Å²) in [6, 6.07) is 4.69. The predicted octanol–water partition coefficient (Wildman–Crippen LogP) is 2.08. The molecule has 0 aromatic heterocycles.